The van der Waals surface area contributed by atoms with Crippen LogP contribution < -0.4 is 4.74 Å². The number of benzene rings is 1. The van der Waals surface area contributed by atoms with E-state index in [1.807, 2.05) is 0 Å². The highest BCUT2D eigenvalue weighted by Crippen LogP contribution is 2.47. The van der Waals surface area contributed by atoms with Crippen molar-refractivity contribution in [3.8, 4) is 5.75 Å². The summed E-state index contributed by atoms with van der Waals surface area (Å²) in [6, 6.07) is 4.25. The lowest BCUT2D eigenvalue weighted by Gasteiger charge is -2.26. The molecule has 0 aromatic heterocycles. The van der Waals surface area contributed by atoms with Crippen LogP contribution in [-0.2, 0) is 21.2 Å². The van der Waals surface area contributed by atoms with Crippen molar-refractivity contribution in [2.75, 3.05) is 25.7 Å². The molecular formula is C17H22FNO4S. The minimum absolute atomic E-state index is 0.0490. The van der Waals surface area contributed by atoms with Crippen LogP contribution in [0.1, 0.15) is 18.4 Å². The molecule has 0 saturated heterocycles. The SMILES string of the molecule is C=CC(=O)N(Cc1cc(F)cc(OC)c1)CC1(CS(C)(=O)=O)CC1. The van der Waals surface area contributed by atoms with E-state index in [4.69, 9.17) is 4.74 Å². The second-order valence-electron chi connectivity index (χ2n) is 6.47. The van der Waals surface area contributed by atoms with Crippen molar-refractivity contribution in [1.29, 1.82) is 0 Å². The first-order valence-corrected chi connectivity index (χ1v) is 9.65. The maximum Gasteiger partial charge on any atom is 0.246 e. The summed E-state index contributed by atoms with van der Waals surface area (Å²) >= 11 is 0. The Morgan fingerprint density at radius 1 is 1.42 bits per heavy atom. The van der Waals surface area contributed by atoms with Gasteiger partial charge in [0.25, 0.3) is 0 Å². The lowest BCUT2D eigenvalue weighted by Crippen LogP contribution is -2.37. The van der Waals surface area contributed by atoms with E-state index in [0.29, 0.717) is 17.9 Å². The van der Waals surface area contributed by atoms with E-state index in [2.05, 4.69) is 6.58 Å². The molecule has 0 unspecified atom stereocenters. The molecule has 132 valence electrons. The normalized spacial score (nSPS) is 15.6. The molecule has 1 fully saturated rings. The van der Waals surface area contributed by atoms with Gasteiger partial charge in [-0.25, -0.2) is 12.8 Å². The fourth-order valence-electron chi connectivity index (χ4n) is 2.88. The van der Waals surface area contributed by atoms with E-state index in [1.54, 1.807) is 6.07 Å². The zero-order valence-corrected chi connectivity index (χ0v) is 14.7. The highest BCUT2D eigenvalue weighted by Gasteiger charge is 2.46. The molecule has 7 heteroatoms. The molecule has 0 N–H and O–H groups in total. The summed E-state index contributed by atoms with van der Waals surface area (Å²) in [5.74, 6) is -0.341. The van der Waals surface area contributed by atoms with E-state index in [1.165, 1.54) is 36.5 Å². The van der Waals surface area contributed by atoms with Gasteiger partial charge in [-0.05, 0) is 36.6 Å². The third-order valence-electron chi connectivity index (χ3n) is 4.08. The van der Waals surface area contributed by atoms with Gasteiger partial charge >= 0.3 is 0 Å². The number of methoxy groups -OCH3 is 1. The molecule has 1 saturated carbocycles. The predicted molar refractivity (Wildman–Crippen MR) is 89.9 cm³/mol. The number of nitrogens with zero attached hydrogens (tertiary/aromatic N) is 1. The van der Waals surface area contributed by atoms with Gasteiger partial charge in [0.2, 0.25) is 5.91 Å². The first-order chi connectivity index (χ1) is 11.2. The van der Waals surface area contributed by atoms with Gasteiger partial charge in [-0.1, -0.05) is 6.58 Å². The van der Waals surface area contributed by atoms with E-state index in [9.17, 15) is 17.6 Å². The Balaban J connectivity index is 2.19. The van der Waals surface area contributed by atoms with Crippen LogP contribution >= 0.6 is 0 Å². The van der Waals surface area contributed by atoms with Gasteiger partial charge in [0.15, 0.2) is 0 Å². The van der Waals surface area contributed by atoms with Gasteiger partial charge in [-0.15, -0.1) is 0 Å². The summed E-state index contributed by atoms with van der Waals surface area (Å²) in [7, 11) is -1.69. The number of hydrogen-bond acceptors (Lipinski definition) is 4. The quantitative estimate of drug-likeness (QED) is 0.671. The van der Waals surface area contributed by atoms with Crippen molar-refractivity contribution in [3.63, 3.8) is 0 Å². The highest BCUT2D eigenvalue weighted by atomic mass is 32.2. The Hall–Kier alpha value is -1.89. The molecule has 1 aliphatic carbocycles. The Morgan fingerprint density at radius 2 is 2.08 bits per heavy atom. The van der Waals surface area contributed by atoms with Gasteiger partial charge in [0.1, 0.15) is 21.4 Å². The van der Waals surface area contributed by atoms with Gasteiger partial charge in [-0.3, -0.25) is 4.79 Å². The smallest absolute Gasteiger partial charge is 0.246 e. The summed E-state index contributed by atoms with van der Waals surface area (Å²) in [5.41, 5.74) is 0.182. The summed E-state index contributed by atoms with van der Waals surface area (Å²) < 4.78 is 41.9. The number of hydrogen-bond donors (Lipinski definition) is 0. The maximum absolute atomic E-state index is 13.6. The van der Waals surface area contributed by atoms with Crippen LogP contribution in [0.2, 0.25) is 0 Å². The van der Waals surface area contributed by atoms with Crippen LogP contribution in [0.4, 0.5) is 4.39 Å². The van der Waals surface area contributed by atoms with Crippen molar-refractivity contribution in [2.24, 2.45) is 5.41 Å². The van der Waals surface area contributed by atoms with Crippen LogP contribution in [0, 0.1) is 11.2 Å². The second kappa shape index (κ2) is 6.93. The summed E-state index contributed by atoms with van der Waals surface area (Å²) in [6.45, 7) is 3.97. The van der Waals surface area contributed by atoms with Crippen LogP contribution in [0.25, 0.3) is 0 Å². The van der Waals surface area contributed by atoms with Gasteiger partial charge < -0.3 is 9.64 Å². The predicted octanol–water partition coefficient (Wildman–Crippen LogP) is 2.17. The topological polar surface area (TPSA) is 63.7 Å². The molecule has 0 atom stereocenters. The van der Waals surface area contributed by atoms with Crippen LogP contribution in [0.15, 0.2) is 30.9 Å². The lowest BCUT2D eigenvalue weighted by atomic mass is 10.1. The summed E-state index contributed by atoms with van der Waals surface area (Å²) in [5, 5.41) is 0. The Labute approximate surface area is 142 Å². The molecular weight excluding hydrogens is 333 g/mol. The maximum atomic E-state index is 13.6. The minimum atomic E-state index is -3.13. The number of ether oxygens (including phenoxy) is 1. The Bertz CT molecular complexity index is 741. The van der Waals surface area contributed by atoms with Crippen LogP contribution in [0.3, 0.4) is 0 Å². The van der Waals surface area contributed by atoms with Crippen molar-refractivity contribution >= 4 is 15.7 Å². The number of rotatable bonds is 8. The Morgan fingerprint density at radius 3 is 2.58 bits per heavy atom. The largest absolute Gasteiger partial charge is 0.497 e. The molecule has 24 heavy (non-hydrogen) atoms. The molecule has 1 aromatic rings. The zero-order valence-electron chi connectivity index (χ0n) is 13.9. The minimum Gasteiger partial charge on any atom is -0.497 e. The van der Waals surface area contributed by atoms with E-state index in [0.717, 1.165) is 12.8 Å². The van der Waals surface area contributed by atoms with Crippen molar-refractivity contribution in [3.05, 3.63) is 42.2 Å². The van der Waals surface area contributed by atoms with Crippen LogP contribution in [-0.4, -0.2) is 44.9 Å². The second-order valence-corrected chi connectivity index (χ2v) is 8.61. The fourth-order valence-corrected chi connectivity index (χ4v) is 4.37. The molecule has 0 bridgehead atoms. The molecule has 0 aliphatic heterocycles. The van der Waals surface area contributed by atoms with E-state index < -0.39 is 21.1 Å². The molecule has 5 nitrogen and oxygen atoms in total. The van der Waals surface area contributed by atoms with Crippen molar-refractivity contribution in [2.45, 2.75) is 19.4 Å². The van der Waals surface area contributed by atoms with Crippen molar-refractivity contribution < 1.29 is 22.3 Å². The molecule has 0 radical (unpaired) electrons. The third-order valence-corrected chi connectivity index (χ3v) is 5.22. The fraction of sp³-hybridized carbons (Fsp3) is 0.471. The van der Waals surface area contributed by atoms with E-state index >= 15 is 0 Å². The third kappa shape index (κ3) is 5.06. The first kappa shape index (κ1) is 18.4. The highest BCUT2D eigenvalue weighted by molar-refractivity contribution is 7.90. The van der Waals surface area contributed by atoms with E-state index in [-0.39, 0.29) is 18.2 Å². The van der Waals surface area contributed by atoms with Gasteiger partial charge in [0, 0.05) is 30.8 Å². The van der Waals surface area contributed by atoms with Gasteiger partial charge in [0.05, 0.1) is 12.9 Å². The van der Waals surface area contributed by atoms with Gasteiger partial charge in [-0.2, -0.15) is 0 Å². The summed E-state index contributed by atoms with van der Waals surface area (Å²) in [4.78, 5) is 13.7. The van der Waals surface area contributed by atoms with Crippen molar-refractivity contribution in [1.82, 2.24) is 4.90 Å². The molecule has 0 spiro atoms. The average molecular weight is 355 g/mol. The monoisotopic (exact) mass is 355 g/mol. The lowest BCUT2D eigenvalue weighted by molar-refractivity contribution is -0.127. The zero-order chi connectivity index (χ0) is 18.0. The molecule has 1 amide bonds. The number of carbonyl (C=O) groups is 1. The molecule has 0 heterocycles. The average Bonchev–Trinajstić information content (AvgIpc) is 3.22. The molecule has 1 aromatic carbocycles. The molecule has 2 rings (SSSR count). The standard InChI is InChI=1S/C17H22FNO4S/c1-4-16(20)19(11-17(5-6-17)12-24(3,21)22)10-13-7-14(18)9-15(8-13)23-2/h4,7-9H,1,5-6,10-12H2,2-3H3. The first-order valence-electron chi connectivity index (χ1n) is 7.59. The number of sulfone groups is 1. The van der Waals surface area contributed by atoms with Crippen LogP contribution in [0.5, 0.6) is 5.75 Å². The Kier molecular flexibility index (Phi) is 5.32. The number of amides is 1. The molecule has 1 aliphatic rings. The number of carbonyl (C=O) groups excluding carboxylic acids is 1. The number of halogens is 1. The summed E-state index contributed by atoms with van der Waals surface area (Å²) in [6.07, 6.45) is 3.90.